The molecule has 0 aliphatic heterocycles. The molecule has 1 rings (SSSR count). The quantitative estimate of drug-likeness (QED) is 0.478. The average Bonchev–Trinajstić information content (AvgIpc) is 2.28. The van der Waals surface area contributed by atoms with Crippen molar-refractivity contribution in [3.63, 3.8) is 0 Å². The highest BCUT2D eigenvalue weighted by Crippen LogP contribution is 2.23. The topological polar surface area (TPSA) is 20.2 Å². The van der Waals surface area contributed by atoms with Gasteiger partial charge >= 0.3 is 0 Å². The summed E-state index contributed by atoms with van der Waals surface area (Å²) in [7, 11) is 0. The zero-order valence-electron chi connectivity index (χ0n) is 7.13. The number of allylic oxidation sites excluding steroid dienone is 1. The van der Waals surface area contributed by atoms with Crippen molar-refractivity contribution in [2.45, 2.75) is 38.5 Å². The summed E-state index contributed by atoms with van der Waals surface area (Å²) in [5.41, 5.74) is 0. The number of hydrogen-bond acceptors (Lipinski definition) is 1. The van der Waals surface area contributed by atoms with E-state index in [1.807, 2.05) is 6.08 Å². The molecule has 0 atom stereocenters. The molecule has 1 aliphatic carbocycles. The van der Waals surface area contributed by atoms with E-state index in [9.17, 15) is 0 Å². The van der Waals surface area contributed by atoms with Crippen molar-refractivity contribution in [3.8, 4) is 0 Å². The molecule has 0 saturated heterocycles. The van der Waals surface area contributed by atoms with E-state index < -0.39 is 0 Å². The van der Waals surface area contributed by atoms with Gasteiger partial charge in [0.25, 0.3) is 0 Å². The van der Waals surface area contributed by atoms with Crippen LogP contribution in [0.3, 0.4) is 0 Å². The van der Waals surface area contributed by atoms with Gasteiger partial charge in [-0.1, -0.05) is 37.8 Å². The second-order valence-corrected chi connectivity index (χ2v) is 3.36. The standard InChI is InChI=1S/C10H18O/c11-9-5-8-10-6-3-1-2-4-7-10/h5,8,10-11H,1-4,6-7,9H2. The smallest absolute Gasteiger partial charge is 0.0612 e. The fraction of sp³-hybridized carbons (Fsp3) is 0.800. The van der Waals surface area contributed by atoms with Gasteiger partial charge in [0.1, 0.15) is 0 Å². The van der Waals surface area contributed by atoms with Gasteiger partial charge in [0.05, 0.1) is 6.61 Å². The van der Waals surface area contributed by atoms with Crippen LogP contribution in [0.15, 0.2) is 12.2 Å². The molecule has 0 unspecified atom stereocenters. The highest BCUT2D eigenvalue weighted by molar-refractivity contribution is 4.88. The number of hydrogen-bond donors (Lipinski definition) is 1. The predicted molar refractivity (Wildman–Crippen MR) is 47.4 cm³/mol. The third kappa shape index (κ3) is 3.57. The lowest BCUT2D eigenvalue weighted by molar-refractivity contribution is 0.341. The Kier molecular flexibility index (Phi) is 4.29. The molecule has 0 aromatic rings. The van der Waals surface area contributed by atoms with Crippen molar-refractivity contribution in [2.24, 2.45) is 5.92 Å². The lowest BCUT2D eigenvalue weighted by atomic mass is 10.0. The van der Waals surface area contributed by atoms with E-state index in [0.717, 1.165) is 5.92 Å². The molecule has 0 heterocycles. The zero-order valence-corrected chi connectivity index (χ0v) is 7.13. The van der Waals surface area contributed by atoms with E-state index in [1.165, 1.54) is 38.5 Å². The van der Waals surface area contributed by atoms with Gasteiger partial charge in [-0.15, -0.1) is 0 Å². The molecule has 0 aromatic carbocycles. The molecule has 1 saturated carbocycles. The van der Waals surface area contributed by atoms with Crippen molar-refractivity contribution < 1.29 is 5.11 Å². The Morgan fingerprint density at radius 2 is 1.73 bits per heavy atom. The van der Waals surface area contributed by atoms with Crippen molar-refractivity contribution in [1.82, 2.24) is 0 Å². The second-order valence-electron chi connectivity index (χ2n) is 3.36. The number of rotatable bonds is 2. The lowest BCUT2D eigenvalue weighted by Gasteiger charge is -2.06. The van der Waals surface area contributed by atoms with Crippen molar-refractivity contribution in [3.05, 3.63) is 12.2 Å². The van der Waals surface area contributed by atoms with E-state index in [4.69, 9.17) is 5.11 Å². The van der Waals surface area contributed by atoms with Crippen LogP contribution in [0, 0.1) is 5.92 Å². The molecule has 0 aromatic heterocycles. The molecule has 64 valence electrons. The molecule has 1 aliphatic rings. The predicted octanol–water partition coefficient (Wildman–Crippen LogP) is 2.51. The van der Waals surface area contributed by atoms with E-state index in [1.54, 1.807) is 0 Å². The van der Waals surface area contributed by atoms with Gasteiger partial charge in [0.15, 0.2) is 0 Å². The second kappa shape index (κ2) is 5.36. The van der Waals surface area contributed by atoms with Crippen LogP contribution >= 0.6 is 0 Å². The molecule has 1 heteroatoms. The maximum Gasteiger partial charge on any atom is 0.0612 e. The fourth-order valence-corrected chi connectivity index (χ4v) is 1.76. The first-order valence-electron chi connectivity index (χ1n) is 4.71. The highest BCUT2D eigenvalue weighted by atomic mass is 16.2. The summed E-state index contributed by atoms with van der Waals surface area (Å²) >= 11 is 0. The first-order valence-corrected chi connectivity index (χ1v) is 4.71. The molecule has 1 nitrogen and oxygen atoms in total. The molecule has 0 amide bonds. The van der Waals surface area contributed by atoms with E-state index in [2.05, 4.69) is 6.08 Å². The Labute approximate surface area is 69.1 Å². The van der Waals surface area contributed by atoms with Crippen LogP contribution in [0.25, 0.3) is 0 Å². The molecule has 1 fully saturated rings. The summed E-state index contributed by atoms with van der Waals surface area (Å²) in [6, 6.07) is 0. The molecule has 11 heavy (non-hydrogen) atoms. The molecule has 0 bridgehead atoms. The van der Waals surface area contributed by atoms with Crippen molar-refractivity contribution in [1.29, 1.82) is 0 Å². The SMILES string of the molecule is OCC=CC1CCCCCC1. The minimum Gasteiger partial charge on any atom is -0.392 e. The van der Waals surface area contributed by atoms with Crippen LogP contribution in [0.4, 0.5) is 0 Å². The maximum absolute atomic E-state index is 8.58. The van der Waals surface area contributed by atoms with Gasteiger partial charge in [-0.2, -0.15) is 0 Å². The van der Waals surface area contributed by atoms with Crippen molar-refractivity contribution >= 4 is 0 Å². The third-order valence-corrected chi connectivity index (χ3v) is 2.41. The molecule has 0 spiro atoms. The van der Waals surface area contributed by atoms with E-state index >= 15 is 0 Å². The summed E-state index contributed by atoms with van der Waals surface area (Å²) < 4.78 is 0. The molecular formula is C10H18O. The minimum atomic E-state index is 0.205. The van der Waals surface area contributed by atoms with Crippen LogP contribution in [-0.4, -0.2) is 11.7 Å². The van der Waals surface area contributed by atoms with Gasteiger partial charge in [-0.25, -0.2) is 0 Å². The van der Waals surface area contributed by atoms with Crippen LogP contribution in [-0.2, 0) is 0 Å². The summed E-state index contributed by atoms with van der Waals surface area (Å²) in [4.78, 5) is 0. The van der Waals surface area contributed by atoms with Crippen LogP contribution in [0.1, 0.15) is 38.5 Å². The van der Waals surface area contributed by atoms with Crippen LogP contribution < -0.4 is 0 Å². The summed E-state index contributed by atoms with van der Waals surface area (Å²) in [5, 5.41) is 8.58. The van der Waals surface area contributed by atoms with Crippen LogP contribution in [0.5, 0.6) is 0 Å². The van der Waals surface area contributed by atoms with Gasteiger partial charge in [0, 0.05) is 0 Å². The summed E-state index contributed by atoms with van der Waals surface area (Å²) in [5.74, 6) is 0.754. The minimum absolute atomic E-state index is 0.205. The normalized spacial score (nSPS) is 22.3. The zero-order chi connectivity index (χ0) is 7.94. The molecular weight excluding hydrogens is 136 g/mol. The number of aliphatic hydroxyl groups is 1. The lowest BCUT2D eigenvalue weighted by Crippen LogP contribution is -1.93. The van der Waals surface area contributed by atoms with Crippen molar-refractivity contribution in [2.75, 3.05) is 6.61 Å². The Hall–Kier alpha value is -0.300. The third-order valence-electron chi connectivity index (χ3n) is 2.41. The first-order chi connectivity index (χ1) is 5.43. The monoisotopic (exact) mass is 154 g/mol. The Balaban J connectivity index is 2.25. The Morgan fingerprint density at radius 3 is 2.27 bits per heavy atom. The number of aliphatic hydroxyl groups excluding tert-OH is 1. The largest absolute Gasteiger partial charge is 0.392 e. The van der Waals surface area contributed by atoms with E-state index in [0.29, 0.717) is 0 Å². The summed E-state index contributed by atoms with van der Waals surface area (Å²) in [6.45, 7) is 0.205. The maximum atomic E-state index is 8.58. The molecule has 0 radical (unpaired) electrons. The van der Waals surface area contributed by atoms with Gasteiger partial charge in [-0.05, 0) is 18.8 Å². The molecule has 1 N–H and O–H groups in total. The Bertz CT molecular complexity index is 110. The van der Waals surface area contributed by atoms with Gasteiger partial charge in [-0.3, -0.25) is 0 Å². The average molecular weight is 154 g/mol. The van der Waals surface area contributed by atoms with Crippen LogP contribution in [0.2, 0.25) is 0 Å². The van der Waals surface area contributed by atoms with Gasteiger partial charge < -0.3 is 5.11 Å². The highest BCUT2D eigenvalue weighted by Gasteiger charge is 2.07. The van der Waals surface area contributed by atoms with Gasteiger partial charge in [0.2, 0.25) is 0 Å². The summed E-state index contributed by atoms with van der Waals surface area (Å²) in [6.07, 6.45) is 12.3. The van der Waals surface area contributed by atoms with E-state index in [-0.39, 0.29) is 6.61 Å². The fourth-order valence-electron chi connectivity index (χ4n) is 1.76. The Morgan fingerprint density at radius 1 is 1.09 bits per heavy atom. The first kappa shape index (κ1) is 8.79.